The first-order valence-corrected chi connectivity index (χ1v) is 7.21. The zero-order valence-electron chi connectivity index (χ0n) is 10.9. The first-order valence-electron chi connectivity index (χ1n) is 6.14. The summed E-state index contributed by atoms with van der Waals surface area (Å²) in [5, 5.41) is 5.11. The summed E-state index contributed by atoms with van der Waals surface area (Å²) in [6.45, 7) is -0.180. The highest BCUT2D eigenvalue weighted by atomic mass is 127. The van der Waals surface area contributed by atoms with Crippen molar-refractivity contribution in [2.75, 3.05) is 11.9 Å². The molecule has 2 rings (SSSR count). The molecule has 0 saturated carbocycles. The van der Waals surface area contributed by atoms with Crippen molar-refractivity contribution < 1.29 is 14.0 Å². The maximum Gasteiger partial charge on any atom is 0.251 e. The minimum Gasteiger partial charge on any atom is -0.343 e. The number of halogens is 2. The van der Waals surface area contributed by atoms with Gasteiger partial charge < -0.3 is 10.6 Å². The standard InChI is InChI=1S/C15H12FIN2O2/c16-11-4-1-3-10(7-11)15(21)18-9-14(20)19-13-6-2-5-12(17)8-13/h1-8H,9H2,(H,18,21)(H,19,20). The van der Waals surface area contributed by atoms with E-state index < -0.39 is 11.7 Å². The Morgan fingerprint density at radius 1 is 1.10 bits per heavy atom. The molecule has 0 aliphatic rings. The summed E-state index contributed by atoms with van der Waals surface area (Å²) >= 11 is 2.14. The van der Waals surface area contributed by atoms with Crippen molar-refractivity contribution >= 4 is 40.1 Å². The van der Waals surface area contributed by atoms with Crippen LogP contribution in [0.2, 0.25) is 0 Å². The highest BCUT2D eigenvalue weighted by Crippen LogP contribution is 2.12. The molecule has 2 aromatic rings. The summed E-state index contributed by atoms with van der Waals surface area (Å²) in [5.41, 5.74) is 0.837. The maximum atomic E-state index is 13.0. The predicted octanol–water partition coefficient (Wildman–Crippen LogP) is 2.80. The van der Waals surface area contributed by atoms with Gasteiger partial charge in [0.2, 0.25) is 5.91 Å². The normalized spacial score (nSPS) is 10.0. The molecule has 2 aromatic carbocycles. The third kappa shape index (κ3) is 4.82. The minimum absolute atomic E-state index is 0.178. The molecule has 0 aliphatic heterocycles. The van der Waals surface area contributed by atoms with Gasteiger partial charge in [0.15, 0.2) is 0 Å². The number of benzene rings is 2. The van der Waals surface area contributed by atoms with Gasteiger partial charge in [0.1, 0.15) is 5.82 Å². The molecule has 0 fully saturated rings. The minimum atomic E-state index is -0.494. The number of nitrogens with one attached hydrogen (secondary N) is 2. The molecule has 0 atom stereocenters. The van der Waals surface area contributed by atoms with Crippen LogP contribution in [0, 0.1) is 9.39 Å². The van der Waals surface area contributed by atoms with Gasteiger partial charge in [-0.25, -0.2) is 4.39 Å². The zero-order chi connectivity index (χ0) is 15.2. The first kappa shape index (κ1) is 15.4. The van der Waals surface area contributed by atoms with Gasteiger partial charge in [0.05, 0.1) is 6.54 Å². The van der Waals surface area contributed by atoms with E-state index in [0.29, 0.717) is 5.69 Å². The number of hydrogen-bond donors (Lipinski definition) is 2. The SMILES string of the molecule is O=C(CNC(=O)c1cccc(F)c1)Nc1cccc(I)c1. The molecule has 0 heterocycles. The average Bonchev–Trinajstić information content (AvgIpc) is 2.45. The fraction of sp³-hybridized carbons (Fsp3) is 0.0667. The van der Waals surface area contributed by atoms with Crippen molar-refractivity contribution in [3.63, 3.8) is 0 Å². The molecule has 4 nitrogen and oxygen atoms in total. The van der Waals surface area contributed by atoms with E-state index in [2.05, 4.69) is 33.2 Å². The largest absolute Gasteiger partial charge is 0.343 e. The number of amides is 2. The number of hydrogen-bond acceptors (Lipinski definition) is 2. The van der Waals surface area contributed by atoms with Crippen LogP contribution in [0.4, 0.5) is 10.1 Å². The average molecular weight is 398 g/mol. The molecule has 0 spiro atoms. The summed E-state index contributed by atoms with van der Waals surface area (Å²) in [6.07, 6.45) is 0. The van der Waals surface area contributed by atoms with E-state index in [1.807, 2.05) is 18.2 Å². The Morgan fingerprint density at radius 2 is 1.86 bits per heavy atom. The molecule has 0 aromatic heterocycles. The second-order valence-corrected chi connectivity index (χ2v) is 5.50. The van der Waals surface area contributed by atoms with Gasteiger partial charge in [-0.15, -0.1) is 0 Å². The highest BCUT2D eigenvalue weighted by Gasteiger charge is 2.09. The third-order valence-corrected chi connectivity index (χ3v) is 3.28. The lowest BCUT2D eigenvalue weighted by molar-refractivity contribution is -0.115. The zero-order valence-corrected chi connectivity index (χ0v) is 13.1. The van der Waals surface area contributed by atoms with Crippen molar-refractivity contribution in [1.29, 1.82) is 0 Å². The van der Waals surface area contributed by atoms with Gasteiger partial charge >= 0.3 is 0 Å². The number of carbonyl (C=O) groups is 2. The fourth-order valence-corrected chi connectivity index (χ4v) is 2.21. The van der Waals surface area contributed by atoms with Crippen molar-refractivity contribution in [3.8, 4) is 0 Å². The summed E-state index contributed by atoms with van der Waals surface area (Å²) in [7, 11) is 0. The van der Waals surface area contributed by atoms with E-state index in [1.54, 1.807) is 6.07 Å². The van der Waals surface area contributed by atoms with Gasteiger partial charge in [-0.2, -0.15) is 0 Å². The molecule has 21 heavy (non-hydrogen) atoms. The van der Waals surface area contributed by atoms with Gasteiger partial charge in [0, 0.05) is 14.8 Å². The molecular formula is C15H12FIN2O2. The summed E-state index contributed by atoms with van der Waals surface area (Å²) in [4.78, 5) is 23.5. The number of carbonyl (C=O) groups excluding carboxylic acids is 2. The molecule has 0 aliphatic carbocycles. The van der Waals surface area contributed by atoms with Crippen LogP contribution < -0.4 is 10.6 Å². The molecule has 2 amide bonds. The van der Waals surface area contributed by atoms with E-state index in [9.17, 15) is 14.0 Å². The van der Waals surface area contributed by atoms with E-state index in [1.165, 1.54) is 18.2 Å². The monoisotopic (exact) mass is 398 g/mol. The molecule has 0 radical (unpaired) electrons. The van der Waals surface area contributed by atoms with Crippen molar-refractivity contribution in [3.05, 3.63) is 63.5 Å². The first-order chi connectivity index (χ1) is 10.0. The molecule has 108 valence electrons. The van der Waals surface area contributed by atoms with Crippen LogP contribution in [0.5, 0.6) is 0 Å². The Bertz CT molecular complexity index is 676. The number of anilines is 1. The Kier molecular flexibility index (Phi) is 5.26. The van der Waals surface area contributed by atoms with Crippen LogP contribution in [-0.4, -0.2) is 18.4 Å². The number of rotatable bonds is 4. The van der Waals surface area contributed by atoms with Crippen LogP contribution in [0.3, 0.4) is 0 Å². The second kappa shape index (κ2) is 7.16. The predicted molar refractivity (Wildman–Crippen MR) is 86.5 cm³/mol. The summed E-state index contributed by atoms with van der Waals surface area (Å²) < 4.78 is 14.0. The molecule has 2 N–H and O–H groups in total. The maximum absolute atomic E-state index is 13.0. The topological polar surface area (TPSA) is 58.2 Å². The molecule has 0 saturated heterocycles. The van der Waals surface area contributed by atoms with Crippen molar-refractivity contribution in [2.45, 2.75) is 0 Å². The van der Waals surface area contributed by atoms with Crippen LogP contribution in [0.1, 0.15) is 10.4 Å². The summed E-state index contributed by atoms with van der Waals surface area (Å²) in [5.74, 6) is -1.33. The Morgan fingerprint density at radius 3 is 2.57 bits per heavy atom. The Balaban J connectivity index is 1.88. The van der Waals surface area contributed by atoms with Gasteiger partial charge in [-0.05, 0) is 59.0 Å². The Hall–Kier alpha value is -1.96. The second-order valence-electron chi connectivity index (χ2n) is 4.25. The smallest absolute Gasteiger partial charge is 0.251 e. The van der Waals surface area contributed by atoms with Gasteiger partial charge in [0.25, 0.3) is 5.91 Å². The highest BCUT2D eigenvalue weighted by molar-refractivity contribution is 14.1. The quantitative estimate of drug-likeness (QED) is 0.779. The fourth-order valence-electron chi connectivity index (χ4n) is 1.66. The lowest BCUT2D eigenvalue weighted by Crippen LogP contribution is -2.32. The van der Waals surface area contributed by atoms with Gasteiger partial charge in [-0.3, -0.25) is 9.59 Å². The third-order valence-electron chi connectivity index (χ3n) is 2.60. The summed E-state index contributed by atoms with van der Waals surface area (Å²) in [6, 6.07) is 12.6. The molecular weight excluding hydrogens is 386 g/mol. The van der Waals surface area contributed by atoms with Gasteiger partial charge in [-0.1, -0.05) is 12.1 Å². The van der Waals surface area contributed by atoms with E-state index in [0.717, 1.165) is 9.64 Å². The lowest BCUT2D eigenvalue weighted by Gasteiger charge is -2.07. The van der Waals surface area contributed by atoms with E-state index in [-0.39, 0.29) is 18.0 Å². The van der Waals surface area contributed by atoms with Crippen LogP contribution in [0.25, 0.3) is 0 Å². The molecule has 6 heteroatoms. The van der Waals surface area contributed by atoms with Crippen molar-refractivity contribution in [1.82, 2.24) is 5.32 Å². The molecule has 0 unspecified atom stereocenters. The lowest BCUT2D eigenvalue weighted by atomic mass is 10.2. The van der Waals surface area contributed by atoms with Crippen LogP contribution >= 0.6 is 22.6 Å². The van der Waals surface area contributed by atoms with E-state index >= 15 is 0 Å². The van der Waals surface area contributed by atoms with Crippen LogP contribution in [-0.2, 0) is 4.79 Å². The van der Waals surface area contributed by atoms with Crippen molar-refractivity contribution in [2.24, 2.45) is 0 Å². The van der Waals surface area contributed by atoms with Crippen LogP contribution in [0.15, 0.2) is 48.5 Å². The molecule has 0 bridgehead atoms. The Labute approximate surface area is 134 Å². The van der Waals surface area contributed by atoms with E-state index in [4.69, 9.17) is 0 Å².